The number of amides is 1. The Bertz CT molecular complexity index is 878. The highest BCUT2D eigenvalue weighted by molar-refractivity contribution is 7.17. The van der Waals surface area contributed by atoms with E-state index in [0.29, 0.717) is 0 Å². The number of ether oxygens (including phenoxy) is 1. The summed E-state index contributed by atoms with van der Waals surface area (Å²) in [6.45, 7) is 0.0488. The van der Waals surface area contributed by atoms with Crippen LogP contribution in [-0.4, -0.2) is 24.7 Å². The van der Waals surface area contributed by atoms with Gasteiger partial charge in [-0.1, -0.05) is 18.2 Å². The number of benzene rings is 2. The van der Waals surface area contributed by atoms with Gasteiger partial charge in [0.2, 0.25) is 0 Å². The Labute approximate surface area is 142 Å². The maximum absolute atomic E-state index is 13.7. The van der Waals surface area contributed by atoms with Gasteiger partial charge in [0.15, 0.2) is 11.6 Å². The zero-order valence-corrected chi connectivity index (χ0v) is 13.8. The van der Waals surface area contributed by atoms with E-state index in [1.165, 1.54) is 19.2 Å². The van der Waals surface area contributed by atoms with Crippen LogP contribution in [0.4, 0.5) is 4.39 Å². The van der Waals surface area contributed by atoms with E-state index in [-0.39, 0.29) is 17.9 Å². The third-order valence-corrected chi connectivity index (χ3v) is 4.72. The molecule has 2 aromatic carbocycles. The molecule has 0 bridgehead atoms. The highest BCUT2D eigenvalue weighted by Crippen LogP contribution is 2.29. The van der Waals surface area contributed by atoms with Crippen LogP contribution in [0.3, 0.4) is 0 Å². The minimum Gasteiger partial charge on any atom is -0.494 e. The molecule has 1 atom stereocenters. The van der Waals surface area contributed by atoms with Crippen molar-refractivity contribution in [3.63, 3.8) is 0 Å². The van der Waals surface area contributed by atoms with Gasteiger partial charge in [0, 0.05) is 22.4 Å². The van der Waals surface area contributed by atoms with Gasteiger partial charge in [-0.3, -0.25) is 4.79 Å². The summed E-state index contributed by atoms with van der Waals surface area (Å²) in [5.41, 5.74) is 0.951. The molecule has 0 aliphatic carbocycles. The Morgan fingerprint density at radius 2 is 2.12 bits per heavy atom. The quantitative estimate of drug-likeness (QED) is 0.744. The third-order valence-electron chi connectivity index (χ3n) is 3.74. The Kier molecular flexibility index (Phi) is 4.78. The second kappa shape index (κ2) is 6.98. The predicted molar refractivity (Wildman–Crippen MR) is 92.1 cm³/mol. The highest BCUT2D eigenvalue weighted by Gasteiger charge is 2.15. The SMILES string of the molecule is COc1ccc(C(=O)NC[C@H](O)c2csc3ccccc23)cc1F. The second-order valence-corrected chi connectivity index (χ2v) is 6.17. The fourth-order valence-electron chi connectivity index (χ4n) is 2.47. The van der Waals surface area contributed by atoms with Crippen LogP contribution in [0, 0.1) is 5.82 Å². The molecule has 3 rings (SSSR count). The van der Waals surface area contributed by atoms with Crippen molar-refractivity contribution in [2.75, 3.05) is 13.7 Å². The molecule has 4 nitrogen and oxygen atoms in total. The minimum atomic E-state index is -0.826. The Hall–Kier alpha value is -2.44. The van der Waals surface area contributed by atoms with Crippen LogP contribution in [0.2, 0.25) is 0 Å². The van der Waals surface area contributed by atoms with E-state index in [1.807, 2.05) is 29.6 Å². The largest absolute Gasteiger partial charge is 0.494 e. The third kappa shape index (κ3) is 3.25. The molecular weight excluding hydrogens is 329 g/mol. The van der Waals surface area contributed by atoms with Crippen molar-refractivity contribution >= 4 is 27.3 Å². The number of thiophene rings is 1. The number of carbonyl (C=O) groups excluding carboxylic acids is 1. The number of hydrogen-bond acceptors (Lipinski definition) is 4. The average molecular weight is 345 g/mol. The minimum absolute atomic E-state index is 0.0488. The summed E-state index contributed by atoms with van der Waals surface area (Å²) in [5, 5.41) is 15.8. The molecule has 1 heterocycles. The van der Waals surface area contributed by atoms with Gasteiger partial charge in [0.1, 0.15) is 0 Å². The summed E-state index contributed by atoms with van der Waals surface area (Å²) >= 11 is 1.54. The Morgan fingerprint density at radius 3 is 2.88 bits per heavy atom. The average Bonchev–Trinajstić information content (AvgIpc) is 3.03. The van der Waals surface area contributed by atoms with E-state index in [0.717, 1.165) is 21.7 Å². The van der Waals surface area contributed by atoms with Crippen LogP contribution >= 0.6 is 11.3 Å². The van der Waals surface area contributed by atoms with Gasteiger partial charge in [-0.15, -0.1) is 11.3 Å². The number of fused-ring (bicyclic) bond motifs is 1. The number of carbonyl (C=O) groups is 1. The zero-order valence-electron chi connectivity index (χ0n) is 13.0. The first-order valence-electron chi connectivity index (χ1n) is 7.36. The molecule has 0 aliphatic heterocycles. The standard InChI is InChI=1S/C18H16FNO3S/c1-23-16-7-6-11(8-14(16)19)18(22)20-9-15(21)13-10-24-17-5-3-2-4-12(13)17/h2-8,10,15,21H,9H2,1H3,(H,20,22)/t15-/m0/s1. The Balaban J connectivity index is 1.68. The lowest BCUT2D eigenvalue weighted by Crippen LogP contribution is -2.28. The molecule has 0 saturated carbocycles. The first kappa shape index (κ1) is 16.4. The first-order chi connectivity index (χ1) is 11.6. The lowest BCUT2D eigenvalue weighted by atomic mass is 10.1. The van der Waals surface area contributed by atoms with Crippen molar-refractivity contribution in [3.8, 4) is 5.75 Å². The molecular formula is C18H16FNO3S. The van der Waals surface area contributed by atoms with Gasteiger partial charge < -0.3 is 15.2 Å². The molecule has 24 heavy (non-hydrogen) atoms. The smallest absolute Gasteiger partial charge is 0.251 e. The number of aliphatic hydroxyl groups is 1. The van der Waals surface area contributed by atoms with E-state index in [4.69, 9.17) is 4.74 Å². The molecule has 2 N–H and O–H groups in total. The number of rotatable bonds is 5. The number of hydrogen-bond donors (Lipinski definition) is 2. The van der Waals surface area contributed by atoms with E-state index in [1.54, 1.807) is 11.3 Å². The molecule has 0 unspecified atom stereocenters. The van der Waals surface area contributed by atoms with Crippen molar-refractivity contribution in [2.24, 2.45) is 0 Å². The van der Waals surface area contributed by atoms with Crippen LogP contribution in [0.25, 0.3) is 10.1 Å². The van der Waals surface area contributed by atoms with Crippen LogP contribution < -0.4 is 10.1 Å². The summed E-state index contributed by atoms with van der Waals surface area (Å²) in [7, 11) is 1.36. The fraction of sp³-hybridized carbons (Fsp3) is 0.167. The summed E-state index contributed by atoms with van der Waals surface area (Å²) in [6.07, 6.45) is -0.826. The lowest BCUT2D eigenvalue weighted by molar-refractivity contribution is 0.0916. The van der Waals surface area contributed by atoms with Gasteiger partial charge >= 0.3 is 0 Å². The van der Waals surface area contributed by atoms with E-state index < -0.39 is 17.8 Å². The second-order valence-electron chi connectivity index (χ2n) is 5.26. The predicted octanol–water partition coefficient (Wildman–Crippen LogP) is 3.51. The van der Waals surface area contributed by atoms with E-state index >= 15 is 0 Å². The van der Waals surface area contributed by atoms with Gasteiger partial charge in [0.25, 0.3) is 5.91 Å². The topological polar surface area (TPSA) is 58.6 Å². The van der Waals surface area contributed by atoms with Gasteiger partial charge in [-0.2, -0.15) is 0 Å². The molecule has 3 aromatic rings. The lowest BCUT2D eigenvalue weighted by Gasteiger charge is -2.12. The number of nitrogens with one attached hydrogen (secondary N) is 1. The molecule has 124 valence electrons. The normalized spacial score (nSPS) is 12.1. The molecule has 0 saturated heterocycles. The summed E-state index contributed by atoms with van der Waals surface area (Å²) < 4.78 is 19.6. The number of aliphatic hydroxyl groups excluding tert-OH is 1. The summed E-state index contributed by atoms with van der Waals surface area (Å²) in [5.74, 6) is -0.971. The summed E-state index contributed by atoms with van der Waals surface area (Å²) in [4.78, 5) is 12.1. The van der Waals surface area contributed by atoms with Gasteiger partial charge in [-0.25, -0.2) is 4.39 Å². The van der Waals surface area contributed by atoms with Crippen molar-refractivity contribution in [3.05, 3.63) is 64.8 Å². The maximum Gasteiger partial charge on any atom is 0.251 e. The first-order valence-corrected chi connectivity index (χ1v) is 8.24. The van der Waals surface area contributed by atoms with Gasteiger partial charge in [-0.05, 0) is 35.0 Å². The van der Waals surface area contributed by atoms with Crippen molar-refractivity contribution < 1.29 is 19.0 Å². The van der Waals surface area contributed by atoms with Crippen LogP contribution in [0.5, 0.6) is 5.75 Å². The number of methoxy groups -OCH3 is 1. The molecule has 6 heteroatoms. The monoisotopic (exact) mass is 345 g/mol. The van der Waals surface area contributed by atoms with Gasteiger partial charge in [0.05, 0.1) is 13.2 Å². The zero-order chi connectivity index (χ0) is 17.1. The molecule has 1 amide bonds. The molecule has 1 aromatic heterocycles. The van der Waals surface area contributed by atoms with Crippen LogP contribution in [-0.2, 0) is 0 Å². The molecule has 0 spiro atoms. The number of halogens is 1. The van der Waals surface area contributed by atoms with Crippen molar-refractivity contribution in [1.29, 1.82) is 0 Å². The van der Waals surface area contributed by atoms with Crippen molar-refractivity contribution in [1.82, 2.24) is 5.32 Å². The van der Waals surface area contributed by atoms with E-state index in [9.17, 15) is 14.3 Å². The van der Waals surface area contributed by atoms with E-state index in [2.05, 4.69) is 5.32 Å². The molecule has 0 fully saturated rings. The van der Waals surface area contributed by atoms with Crippen molar-refractivity contribution in [2.45, 2.75) is 6.10 Å². The highest BCUT2D eigenvalue weighted by atomic mass is 32.1. The maximum atomic E-state index is 13.7. The molecule has 0 radical (unpaired) electrons. The molecule has 0 aliphatic rings. The fourth-order valence-corrected chi connectivity index (χ4v) is 3.47. The van der Waals surface area contributed by atoms with Crippen LogP contribution in [0.15, 0.2) is 47.8 Å². The van der Waals surface area contributed by atoms with Crippen LogP contribution in [0.1, 0.15) is 22.0 Å². The Morgan fingerprint density at radius 1 is 1.33 bits per heavy atom. The summed E-state index contributed by atoms with van der Waals surface area (Å²) in [6, 6.07) is 11.7.